The molecule has 0 unspecified atom stereocenters. The molecule has 2 aromatic rings. The van der Waals surface area contributed by atoms with Crippen LogP contribution in [0.15, 0.2) is 6.20 Å². The summed E-state index contributed by atoms with van der Waals surface area (Å²) in [5, 5.41) is 22.6. The molecule has 19 heavy (non-hydrogen) atoms. The van der Waals surface area contributed by atoms with Crippen LogP contribution in [0.3, 0.4) is 0 Å². The Bertz CT molecular complexity index is 627. The van der Waals surface area contributed by atoms with Gasteiger partial charge in [0.1, 0.15) is 5.69 Å². The Morgan fingerprint density at radius 2 is 2.05 bits per heavy atom. The van der Waals surface area contributed by atoms with Crippen molar-refractivity contribution in [3.63, 3.8) is 0 Å². The van der Waals surface area contributed by atoms with Gasteiger partial charge in [-0.15, -0.1) is 0 Å². The molecule has 0 bridgehead atoms. The monoisotopic (exact) mass is 264 g/mol. The standard InChI is InChI=1S/C11H16N6O2/c1-5-16-11(10(17(18)19)8(3)14-16)12-9-6-15(4)13-7(9)2/h6,12H,5H2,1-4H3. The Kier molecular flexibility index (Phi) is 3.24. The molecular weight excluding hydrogens is 248 g/mol. The molecule has 0 saturated carbocycles. The second kappa shape index (κ2) is 4.71. The number of anilines is 2. The molecule has 2 heterocycles. The molecule has 0 aliphatic heterocycles. The molecule has 0 atom stereocenters. The fourth-order valence-corrected chi connectivity index (χ4v) is 1.99. The van der Waals surface area contributed by atoms with Gasteiger partial charge < -0.3 is 5.32 Å². The minimum absolute atomic E-state index is 0.00473. The lowest BCUT2D eigenvalue weighted by molar-refractivity contribution is -0.384. The Labute approximate surface area is 110 Å². The summed E-state index contributed by atoms with van der Waals surface area (Å²) in [6, 6.07) is 0. The van der Waals surface area contributed by atoms with Gasteiger partial charge in [-0.05, 0) is 20.8 Å². The van der Waals surface area contributed by atoms with Crippen LogP contribution in [-0.2, 0) is 13.6 Å². The van der Waals surface area contributed by atoms with Crippen LogP contribution in [0, 0.1) is 24.0 Å². The molecule has 0 saturated heterocycles. The number of aromatic nitrogens is 4. The highest BCUT2D eigenvalue weighted by Crippen LogP contribution is 2.31. The van der Waals surface area contributed by atoms with E-state index >= 15 is 0 Å². The number of hydrogen-bond acceptors (Lipinski definition) is 5. The topological polar surface area (TPSA) is 90.8 Å². The van der Waals surface area contributed by atoms with Crippen LogP contribution in [0.5, 0.6) is 0 Å². The lowest BCUT2D eigenvalue weighted by atomic mass is 10.3. The maximum absolute atomic E-state index is 11.1. The molecular formula is C11H16N6O2. The lowest BCUT2D eigenvalue weighted by Gasteiger charge is -2.06. The van der Waals surface area contributed by atoms with Crippen molar-refractivity contribution in [3.05, 3.63) is 27.7 Å². The Morgan fingerprint density at radius 3 is 2.53 bits per heavy atom. The van der Waals surface area contributed by atoms with Gasteiger partial charge in [-0.1, -0.05) is 0 Å². The summed E-state index contributed by atoms with van der Waals surface area (Å²) in [7, 11) is 1.80. The van der Waals surface area contributed by atoms with Gasteiger partial charge in [0, 0.05) is 19.8 Å². The minimum Gasteiger partial charge on any atom is -0.332 e. The molecule has 8 heteroatoms. The van der Waals surface area contributed by atoms with Crippen LogP contribution < -0.4 is 5.32 Å². The maximum Gasteiger partial charge on any atom is 0.334 e. The van der Waals surface area contributed by atoms with E-state index in [0.717, 1.165) is 11.4 Å². The average Bonchev–Trinajstić information content (AvgIpc) is 2.79. The van der Waals surface area contributed by atoms with E-state index in [1.54, 1.807) is 29.5 Å². The van der Waals surface area contributed by atoms with Gasteiger partial charge in [-0.25, -0.2) is 4.68 Å². The fraction of sp³-hybridized carbons (Fsp3) is 0.455. The third-order valence-corrected chi connectivity index (χ3v) is 2.84. The van der Waals surface area contributed by atoms with Crippen LogP contribution in [0.25, 0.3) is 0 Å². The molecule has 0 radical (unpaired) electrons. The molecule has 102 valence electrons. The van der Waals surface area contributed by atoms with Gasteiger partial charge in [0.15, 0.2) is 0 Å². The summed E-state index contributed by atoms with van der Waals surface area (Å²) in [5.41, 5.74) is 1.92. The van der Waals surface area contributed by atoms with Crippen molar-refractivity contribution < 1.29 is 4.92 Å². The van der Waals surface area contributed by atoms with Crippen LogP contribution in [-0.4, -0.2) is 24.5 Å². The van der Waals surface area contributed by atoms with Crippen molar-refractivity contribution >= 4 is 17.2 Å². The first-order valence-electron chi connectivity index (χ1n) is 5.93. The third-order valence-electron chi connectivity index (χ3n) is 2.84. The number of hydrogen-bond donors (Lipinski definition) is 1. The zero-order valence-electron chi connectivity index (χ0n) is 11.3. The summed E-state index contributed by atoms with van der Waals surface area (Å²) >= 11 is 0. The van der Waals surface area contributed by atoms with Crippen molar-refractivity contribution in [3.8, 4) is 0 Å². The quantitative estimate of drug-likeness (QED) is 0.672. The highest BCUT2D eigenvalue weighted by Gasteiger charge is 2.25. The fourth-order valence-electron chi connectivity index (χ4n) is 1.99. The van der Waals surface area contributed by atoms with Gasteiger partial charge in [0.25, 0.3) is 0 Å². The van der Waals surface area contributed by atoms with Crippen LogP contribution in [0.2, 0.25) is 0 Å². The smallest absolute Gasteiger partial charge is 0.332 e. The van der Waals surface area contributed by atoms with Crippen LogP contribution in [0.4, 0.5) is 17.2 Å². The molecule has 0 spiro atoms. The largest absolute Gasteiger partial charge is 0.334 e. The van der Waals surface area contributed by atoms with E-state index in [9.17, 15) is 10.1 Å². The molecule has 0 aliphatic carbocycles. The number of nitrogens with one attached hydrogen (secondary N) is 1. The van der Waals surface area contributed by atoms with Crippen molar-refractivity contribution in [2.75, 3.05) is 5.32 Å². The molecule has 0 aliphatic rings. The van der Waals surface area contributed by atoms with Gasteiger partial charge in [-0.3, -0.25) is 14.8 Å². The first-order chi connectivity index (χ1) is 8.93. The number of nitrogens with zero attached hydrogens (tertiary/aromatic N) is 5. The zero-order valence-corrected chi connectivity index (χ0v) is 11.3. The molecule has 0 amide bonds. The van der Waals surface area contributed by atoms with Gasteiger partial charge >= 0.3 is 5.69 Å². The van der Waals surface area contributed by atoms with Crippen molar-refractivity contribution in [1.82, 2.24) is 19.6 Å². The van der Waals surface area contributed by atoms with E-state index < -0.39 is 4.92 Å². The first-order valence-corrected chi connectivity index (χ1v) is 5.93. The summed E-state index contributed by atoms with van der Waals surface area (Å²) in [4.78, 5) is 10.7. The lowest BCUT2D eigenvalue weighted by Crippen LogP contribution is -2.04. The Morgan fingerprint density at radius 1 is 1.37 bits per heavy atom. The van der Waals surface area contributed by atoms with Crippen molar-refractivity contribution in [1.29, 1.82) is 0 Å². The predicted molar refractivity (Wildman–Crippen MR) is 70.5 cm³/mol. The Hall–Kier alpha value is -2.38. The summed E-state index contributed by atoms with van der Waals surface area (Å²) in [5.74, 6) is 0.390. The highest BCUT2D eigenvalue weighted by atomic mass is 16.6. The number of rotatable bonds is 4. The van der Waals surface area contributed by atoms with E-state index in [1.807, 2.05) is 13.8 Å². The molecule has 2 aromatic heterocycles. The second-order valence-electron chi connectivity index (χ2n) is 4.28. The van der Waals surface area contributed by atoms with E-state index in [4.69, 9.17) is 0 Å². The molecule has 8 nitrogen and oxygen atoms in total. The SMILES string of the molecule is CCn1nc(C)c([N+](=O)[O-])c1Nc1cn(C)nc1C. The van der Waals surface area contributed by atoms with E-state index in [2.05, 4.69) is 15.5 Å². The summed E-state index contributed by atoms with van der Waals surface area (Å²) in [6.07, 6.45) is 1.78. The average molecular weight is 264 g/mol. The zero-order chi connectivity index (χ0) is 14.2. The number of nitro groups is 1. The molecule has 0 fully saturated rings. The van der Waals surface area contributed by atoms with E-state index in [0.29, 0.717) is 18.1 Å². The van der Waals surface area contributed by atoms with Gasteiger partial charge in [0.2, 0.25) is 5.82 Å². The van der Waals surface area contributed by atoms with Gasteiger partial charge in [0.05, 0.1) is 16.3 Å². The summed E-state index contributed by atoms with van der Waals surface area (Å²) < 4.78 is 3.24. The third kappa shape index (κ3) is 2.28. The molecule has 2 rings (SSSR count). The Balaban J connectivity index is 2.49. The minimum atomic E-state index is -0.414. The normalized spacial score (nSPS) is 10.7. The van der Waals surface area contributed by atoms with E-state index in [1.165, 1.54) is 0 Å². The second-order valence-corrected chi connectivity index (χ2v) is 4.28. The molecule has 1 N–H and O–H groups in total. The summed E-state index contributed by atoms with van der Waals surface area (Å²) in [6.45, 7) is 5.91. The highest BCUT2D eigenvalue weighted by molar-refractivity contribution is 5.68. The predicted octanol–water partition coefficient (Wildman–Crippen LogP) is 1.91. The van der Waals surface area contributed by atoms with Crippen LogP contribution in [0.1, 0.15) is 18.3 Å². The molecule has 0 aromatic carbocycles. The van der Waals surface area contributed by atoms with Gasteiger partial charge in [-0.2, -0.15) is 10.2 Å². The van der Waals surface area contributed by atoms with E-state index in [-0.39, 0.29) is 5.69 Å². The first kappa shape index (κ1) is 13.1. The number of aryl methyl sites for hydroxylation is 4. The maximum atomic E-state index is 11.1. The van der Waals surface area contributed by atoms with Crippen LogP contribution >= 0.6 is 0 Å². The van der Waals surface area contributed by atoms with Crippen molar-refractivity contribution in [2.45, 2.75) is 27.3 Å². The van der Waals surface area contributed by atoms with Crippen molar-refractivity contribution in [2.24, 2.45) is 7.05 Å².